The van der Waals surface area contributed by atoms with Crippen LogP contribution in [0.5, 0.6) is 0 Å². The number of carbonyl (C=O) groups excluding carboxylic acids is 1. The molecule has 5 heteroatoms. The first-order valence-corrected chi connectivity index (χ1v) is 6.95. The number of hydrogen-bond acceptors (Lipinski definition) is 3. The Bertz CT molecular complexity index is 566. The van der Waals surface area contributed by atoms with Crippen LogP contribution in [-0.2, 0) is 6.42 Å². The summed E-state index contributed by atoms with van der Waals surface area (Å²) in [6.45, 7) is 2.47. The van der Waals surface area contributed by atoms with E-state index in [2.05, 4.69) is 10.6 Å². The van der Waals surface area contributed by atoms with Gasteiger partial charge in [0.25, 0.3) is 0 Å². The first-order chi connectivity index (χ1) is 10.1. The van der Waals surface area contributed by atoms with Crippen LogP contribution in [0.1, 0.15) is 23.2 Å². The van der Waals surface area contributed by atoms with Crippen LogP contribution in [0.3, 0.4) is 0 Å². The fourth-order valence-corrected chi connectivity index (χ4v) is 1.95. The molecule has 0 saturated carbocycles. The Morgan fingerprint density at radius 2 is 1.95 bits per heavy atom. The fraction of sp³-hybridized carbons (Fsp3) is 0.312. The normalized spacial score (nSPS) is 11.9. The predicted octanol–water partition coefficient (Wildman–Crippen LogP) is 2.16. The molecule has 2 aromatic rings. The lowest BCUT2D eigenvalue weighted by atomic mass is 10.1. The van der Waals surface area contributed by atoms with E-state index in [1.807, 2.05) is 30.3 Å². The smallest absolute Gasteiger partial charge is 0.314 e. The number of nitrogens with one attached hydrogen (secondary N) is 2. The topological polar surface area (TPSA) is 74.5 Å². The van der Waals surface area contributed by atoms with Crippen molar-refractivity contribution in [3.63, 3.8) is 0 Å². The minimum Gasteiger partial charge on any atom is -0.464 e. The third-order valence-corrected chi connectivity index (χ3v) is 3.09. The van der Waals surface area contributed by atoms with Gasteiger partial charge in [0.05, 0.1) is 6.54 Å². The Labute approximate surface area is 124 Å². The number of benzene rings is 1. The molecule has 1 atom stereocenters. The van der Waals surface area contributed by atoms with Crippen molar-refractivity contribution < 1.29 is 14.3 Å². The summed E-state index contributed by atoms with van der Waals surface area (Å²) in [5, 5.41) is 15.2. The Morgan fingerprint density at radius 3 is 2.62 bits per heavy atom. The molecular weight excluding hydrogens is 268 g/mol. The molecule has 5 nitrogen and oxygen atoms in total. The van der Waals surface area contributed by atoms with Crippen molar-refractivity contribution in [2.24, 2.45) is 0 Å². The maximum atomic E-state index is 11.6. The molecule has 1 aromatic heterocycles. The van der Waals surface area contributed by atoms with Crippen LogP contribution in [0.2, 0.25) is 0 Å². The quantitative estimate of drug-likeness (QED) is 0.762. The molecule has 0 aliphatic heterocycles. The van der Waals surface area contributed by atoms with E-state index < -0.39 is 6.10 Å². The zero-order valence-corrected chi connectivity index (χ0v) is 12.0. The van der Waals surface area contributed by atoms with Gasteiger partial charge < -0.3 is 20.2 Å². The zero-order chi connectivity index (χ0) is 15.1. The van der Waals surface area contributed by atoms with Gasteiger partial charge in [-0.2, -0.15) is 0 Å². The average Bonchev–Trinajstić information content (AvgIpc) is 2.92. The molecule has 0 spiro atoms. The lowest BCUT2D eigenvalue weighted by Crippen LogP contribution is -2.38. The van der Waals surface area contributed by atoms with Gasteiger partial charge in [0.2, 0.25) is 0 Å². The zero-order valence-electron chi connectivity index (χ0n) is 12.0. The molecule has 1 aromatic carbocycles. The SMILES string of the molecule is Cc1ccc([C@H](O)CNC(=O)NCCc2ccccc2)o1. The van der Waals surface area contributed by atoms with E-state index in [4.69, 9.17) is 4.42 Å². The standard InChI is InChI=1S/C16H20N2O3/c1-12-7-8-15(21-12)14(19)11-18-16(20)17-10-9-13-5-3-2-4-6-13/h2-8,14,19H,9-11H2,1H3,(H2,17,18,20)/t14-/m1/s1. The van der Waals surface area contributed by atoms with Gasteiger partial charge in [0, 0.05) is 6.54 Å². The maximum Gasteiger partial charge on any atom is 0.314 e. The van der Waals surface area contributed by atoms with Crippen LogP contribution < -0.4 is 10.6 Å². The monoisotopic (exact) mass is 288 g/mol. The molecular formula is C16H20N2O3. The molecule has 2 amide bonds. The van der Waals surface area contributed by atoms with Crippen LogP contribution in [0.15, 0.2) is 46.9 Å². The van der Waals surface area contributed by atoms with E-state index in [1.165, 1.54) is 5.56 Å². The fourth-order valence-electron chi connectivity index (χ4n) is 1.95. The van der Waals surface area contributed by atoms with Crippen LogP contribution in [-0.4, -0.2) is 24.2 Å². The van der Waals surface area contributed by atoms with Crippen molar-refractivity contribution in [2.75, 3.05) is 13.1 Å². The number of rotatable bonds is 6. The second-order valence-corrected chi connectivity index (χ2v) is 4.84. The summed E-state index contributed by atoms with van der Waals surface area (Å²) in [7, 11) is 0. The van der Waals surface area contributed by atoms with E-state index in [0.717, 1.165) is 12.2 Å². The number of aryl methyl sites for hydroxylation is 1. The lowest BCUT2D eigenvalue weighted by Gasteiger charge is -2.11. The molecule has 0 aliphatic rings. The molecule has 1 heterocycles. The third kappa shape index (κ3) is 4.96. The summed E-state index contributed by atoms with van der Waals surface area (Å²) in [5.74, 6) is 1.19. The summed E-state index contributed by atoms with van der Waals surface area (Å²) in [5.41, 5.74) is 1.17. The highest BCUT2D eigenvalue weighted by Gasteiger charge is 2.12. The summed E-state index contributed by atoms with van der Waals surface area (Å²) in [4.78, 5) is 11.6. The second kappa shape index (κ2) is 7.50. The Hall–Kier alpha value is -2.27. The Kier molecular flexibility index (Phi) is 5.40. The summed E-state index contributed by atoms with van der Waals surface area (Å²) in [6.07, 6.45) is -0.0626. The van der Waals surface area contributed by atoms with Crippen molar-refractivity contribution in [3.8, 4) is 0 Å². The number of urea groups is 1. The average molecular weight is 288 g/mol. The summed E-state index contributed by atoms with van der Waals surface area (Å²) in [6, 6.07) is 13.1. The van der Waals surface area contributed by atoms with Crippen molar-refractivity contribution in [3.05, 3.63) is 59.5 Å². The van der Waals surface area contributed by atoms with E-state index in [1.54, 1.807) is 19.1 Å². The highest BCUT2D eigenvalue weighted by molar-refractivity contribution is 5.73. The minimum atomic E-state index is -0.835. The molecule has 0 aliphatic carbocycles. The molecule has 0 unspecified atom stereocenters. The highest BCUT2D eigenvalue weighted by Crippen LogP contribution is 2.14. The second-order valence-electron chi connectivity index (χ2n) is 4.84. The number of aliphatic hydroxyl groups is 1. The van der Waals surface area contributed by atoms with Crippen molar-refractivity contribution >= 4 is 6.03 Å². The first kappa shape index (κ1) is 15.1. The first-order valence-electron chi connectivity index (χ1n) is 6.95. The molecule has 0 radical (unpaired) electrons. The minimum absolute atomic E-state index is 0.115. The lowest BCUT2D eigenvalue weighted by molar-refractivity contribution is 0.146. The highest BCUT2D eigenvalue weighted by atomic mass is 16.4. The van der Waals surface area contributed by atoms with E-state index in [0.29, 0.717) is 12.3 Å². The van der Waals surface area contributed by atoms with Gasteiger partial charge in [-0.05, 0) is 31.0 Å². The molecule has 0 bridgehead atoms. The Morgan fingerprint density at radius 1 is 1.19 bits per heavy atom. The molecule has 3 N–H and O–H groups in total. The van der Waals surface area contributed by atoms with Crippen LogP contribution >= 0.6 is 0 Å². The van der Waals surface area contributed by atoms with E-state index in [9.17, 15) is 9.90 Å². The van der Waals surface area contributed by atoms with Crippen LogP contribution in [0, 0.1) is 6.92 Å². The van der Waals surface area contributed by atoms with Gasteiger partial charge in [-0.15, -0.1) is 0 Å². The number of carbonyl (C=O) groups is 1. The Balaban J connectivity index is 1.65. The van der Waals surface area contributed by atoms with Crippen molar-refractivity contribution in [2.45, 2.75) is 19.4 Å². The third-order valence-electron chi connectivity index (χ3n) is 3.09. The van der Waals surface area contributed by atoms with Crippen molar-refractivity contribution in [1.82, 2.24) is 10.6 Å². The van der Waals surface area contributed by atoms with Gasteiger partial charge in [-0.1, -0.05) is 30.3 Å². The van der Waals surface area contributed by atoms with E-state index in [-0.39, 0.29) is 12.6 Å². The number of amides is 2. The summed E-state index contributed by atoms with van der Waals surface area (Å²) >= 11 is 0. The maximum absolute atomic E-state index is 11.6. The van der Waals surface area contributed by atoms with Crippen LogP contribution in [0.4, 0.5) is 4.79 Å². The van der Waals surface area contributed by atoms with Gasteiger partial charge in [-0.3, -0.25) is 0 Å². The van der Waals surface area contributed by atoms with E-state index >= 15 is 0 Å². The molecule has 0 saturated heterocycles. The van der Waals surface area contributed by atoms with Gasteiger partial charge in [0.1, 0.15) is 17.6 Å². The summed E-state index contributed by atoms with van der Waals surface area (Å²) < 4.78 is 5.29. The number of hydrogen-bond donors (Lipinski definition) is 3. The van der Waals surface area contributed by atoms with Gasteiger partial charge >= 0.3 is 6.03 Å². The predicted molar refractivity (Wildman–Crippen MR) is 80.0 cm³/mol. The van der Waals surface area contributed by atoms with Gasteiger partial charge in [-0.25, -0.2) is 4.79 Å². The van der Waals surface area contributed by atoms with Gasteiger partial charge in [0.15, 0.2) is 0 Å². The molecule has 21 heavy (non-hydrogen) atoms. The largest absolute Gasteiger partial charge is 0.464 e. The molecule has 2 rings (SSSR count). The molecule has 112 valence electrons. The number of aliphatic hydroxyl groups excluding tert-OH is 1. The van der Waals surface area contributed by atoms with Crippen molar-refractivity contribution in [1.29, 1.82) is 0 Å². The molecule has 0 fully saturated rings. The van der Waals surface area contributed by atoms with Crippen LogP contribution in [0.25, 0.3) is 0 Å². The number of furan rings is 1.